The molecule has 0 amide bonds. The van der Waals surface area contributed by atoms with E-state index in [1.165, 1.54) is 5.56 Å². The molecule has 1 aromatic carbocycles. The van der Waals surface area contributed by atoms with Crippen LogP contribution in [0, 0.1) is 0 Å². The molecule has 0 aliphatic heterocycles. The molecule has 1 aromatic rings. The standard InChI is InChI=1S/C16H26BrNO/c1-5-16(6-2,19-7-3)15(18-4)12-13-8-10-14(17)11-9-13/h8-11,15,18H,5-7,12H2,1-4H3. The third-order valence-electron chi connectivity index (χ3n) is 3.97. The second-order valence-corrected chi connectivity index (χ2v) is 5.79. The van der Waals surface area contributed by atoms with Crippen LogP contribution >= 0.6 is 15.9 Å². The topological polar surface area (TPSA) is 21.3 Å². The Kier molecular flexibility index (Phi) is 7.05. The first-order valence-electron chi connectivity index (χ1n) is 7.17. The summed E-state index contributed by atoms with van der Waals surface area (Å²) in [7, 11) is 2.03. The normalized spacial score (nSPS) is 13.5. The molecule has 2 nitrogen and oxygen atoms in total. The van der Waals surface area contributed by atoms with Gasteiger partial charge in [0.05, 0.1) is 5.60 Å². The number of rotatable bonds is 8. The predicted octanol–water partition coefficient (Wildman–Crippen LogP) is 4.17. The van der Waals surface area contributed by atoms with E-state index in [9.17, 15) is 0 Å². The fourth-order valence-electron chi connectivity index (χ4n) is 2.74. The predicted molar refractivity (Wildman–Crippen MR) is 85.6 cm³/mol. The minimum absolute atomic E-state index is 0.0728. The van der Waals surface area contributed by atoms with Crippen LogP contribution in [0.4, 0.5) is 0 Å². The summed E-state index contributed by atoms with van der Waals surface area (Å²) >= 11 is 3.48. The van der Waals surface area contributed by atoms with Gasteiger partial charge >= 0.3 is 0 Å². The minimum atomic E-state index is -0.0728. The second-order valence-electron chi connectivity index (χ2n) is 4.88. The van der Waals surface area contributed by atoms with Gasteiger partial charge in [0.25, 0.3) is 0 Å². The highest BCUT2D eigenvalue weighted by atomic mass is 79.9. The van der Waals surface area contributed by atoms with Crippen LogP contribution in [-0.2, 0) is 11.2 Å². The maximum absolute atomic E-state index is 6.11. The molecule has 0 spiro atoms. The van der Waals surface area contributed by atoms with Crippen molar-refractivity contribution in [2.75, 3.05) is 13.7 Å². The zero-order chi connectivity index (χ0) is 14.3. The van der Waals surface area contributed by atoms with Gasteiger partial charge in [-0.2, -0.15) is 0 Å². The number of likely N-dealkylation sites (N-methyl/N-ethyl adjacent to an activating group) is 1. The average Bonchev–Trinajstić information content (AvgIpc) is 2.44. The molecular weight excluding hydrogens is 302 g/mol. The molecule has 1 atom stereocenters. The molecule has 0 aliphatic rings. The van der Waals surface area contributed by atoms with Crippen molar-refractivity contribution in [3.63, 3.8) is 0 Å². The lowest BCUT2D eigenvalue weighted by Crippen LogP contribution is -2.52. The molecule has 108 valence electrons. The summed E-state index contributed by atoms with van der Waals surface area (Å²) in [4.78, 5) is 0. The Balaban J connectivity index is 2.88. The fraction of sp³-hybridized carbons (Fsp3) is 0.625. The largest absolute Gasteiger partial charge is 0.374 e. The van der Waals surface area contributed by atoms with E-state index in [4.69, 9.17) is 4.74 Å². The van der Waals surface area contributed by atoms with Crippen LogP contribution in [0.1, 0.15) is 39.2 Å². The van der Waals surface area contributed by atoms with Crippen LogP contribution in [0.5, 0.6) is 0 Å². The van der Waals surface area contributed by atoms with Gasteiger partial charge < -0.3 is 10.1 Å². The molecule has 0 aromatic heterocycles. The first-order valence-corrected chi connectivity index (χ1v) is 7.96. The van der Waals surface area contributed by atoms with E-state index < -0.39 is 0 Å². The van der Waals surface area contributed by atoms with Gasteiger partial charge in [-0.05, 0) is 50.9 Å². The number of hydrogen-bond acceptors (Lipinski definition) is 2. The van der Waals surface area contributed by atoms with Crippen LogP contribution in [0.25, 0.3) is 0 Å². The lowest BCUT2D eigenvalue weighted by molar-refractivity contribution is -0.0703. The van der Waals surface area contributed by atoms with Crippen molar-refractivity contribution in [2.24, 2.45) is 0 Å². The van der Waals surface area contributed by atoms with Gasteiger partial charge in [0.15, 0.2) is 0 Å². The highest BCUT2D eigenvalue weighted by Crippen LogP contribution is 2.27. The molecule has 0 aliphatic carbocycles. The van der Waals surface area contributed by atoms with E-state index in [1.54, 1.807) is 0 Å². The maximum atomic E-state index is 6.11. The van der Waals surface area contributed by atoms with Gasteiger partial charge in [0.1, 0.15) is 0 Å². The van der Waals surface area contributed by atoms with Gasteiger partial charge in [0, 0.05) is 17.1 Å². The lowest BCUT2D eigenvalue weighted by atomic mass is 9.84. The average molecular weight is 328 g/mol. The highest BCUT2D eigenvalue weighted by Gasteiger charge is 2.35. The molecule has 0 bridgehead atoms. The molecular formula is C16H26BrNO. The Labute approximate surface area is 126 Å². The van der Waals surface area contributed by atoms with Gasteiger partial charge in [-0.1, -0.05) is 41.9 Å². The zero-order valence-corrected chi connectivity index (χ0v) is 14.1. The monoisotopic (exact) mass is 327 g/mol. The number of hydrogen-bond donors (Lipinski definition) is 1. The van der Waals surface area contributed by atoms with Crippen molar-refractivity contribution < 1.29 is 4.74 Å². The number of halogens is 1. The van der Waals surface area contributed by atoms with Gasteiger partial charge in [-0.3, -0.25) is 0 Å². The molecule has 0 fully saturated rings. The van der Waals surface area contributed by atoms with Crippen LogP contribution in [-0.4, -0.2) is 25.3 Å². The van der Waals surface area contributed by atoms with Gasteiger partial charge in [-0.25, -0.2) is 0 Å². The first-order chi connectivity index (χ1) is 9.11. The Morgan fingerprint density at radius 3 is 2.16 bits per heavy atom. The summed E-state index contributed by atoms with van der Waals surface area (Å²) in [6.07, 6.45) is 3.05. The van der Waals surface area contributed by atoms with Crippen molar-refractivity contribution in [3.05, 3.63) is 34.3 Å². The minimum Gasteiger partial charge on any atom is -0.374 e. The van der Waals surface area contributed by atoms with E-state index >= 15 is 0 Å². The smallest absolute Gasteiger partial charge is 0.0832 e. The van der Waals surface area contributed by atoms with Crippen LogP contribution in [0.3, 0.4) is 0 Å². The number of ether oxygens (including phenoxy) is 1. The van der Waals surface area contributed by atoms with Crippen LogP contribution in [0.15, 0.2) is 28.7 Å². The second kappa shape index (κ2) is 8.03. The van der Waals surface area contributed by atoms with E-state index in [0.29, 0.717) is 6.04 Å². The summed E-state index contributed by atoms with van der Waals surface area (Å²) < 4.78 is 7.23. The van der Waals surface area contributed by atoms with Gasteiger partial charge in [0.2, 0.25) is 0 Å². The Morgan fingerprint density at radius 1 is 1.16 bits per heavy atom. The third kappa shape index (κ3) is 4.30. The van der Waals surface area contributed by atoms with Crippen molar-refractivity contribution in [2.45, 2.75) is 51.7 Å². The summed E-state index contributed by atoms with van der Waals surface area (Å²) in [5, 5.41) is 3.46. The first kappa shape index (κ1) is 16.7. The molecule has 3 heteroatoms. The summed E-state index contributed by atoms with van der Waals surface area (Å²) in [6, 6.07) is 8.89. The van der Waals surface area contributed by atoms with Gasteiger partial charge in [-0.15, -0.1) is 0 Å². The van der Waals surface area contributed by atoms with Crippen molar-refractivity contribution >= 4 is 15.9 Å². The quantitative estimate of drug-likeness (QED) is 0.773. The zero-order valence-electron chi connectivity index (χ0n) is 12.5. The lowest BCUT2D eigenvalue weighted by Gasteiger charge is -2.39. The Morgan fingerprint density at radius 2 is 1.74 bits per heavy atom. The Bertz CT molecular complexity index is 360. The van der Waals surface area contributed by atoms with E-state index in [2.05, 4.69) is 66.3 Å². The molecule has 0 saturated heterocycles. The van der Waals surface area contributed by atoms with Crippen molar-refractivity contribution in [1.29, 1.82) is 0 Å². The molecule has 19 heavy (non-hydrogen) atoms. The fourth-order valence-corrected chi connectivity index (χ4v) is 3.01. The highest BCUT2D eigenvalue weighted by molar-refractivity contribution is 9.10. The molecule has 0 heterocycles. The summed E-state index contributed by atoms with van der Waals surface area (Å²) in [5.41, 5.74) is 1.27. The SMILES string of the molecule is CCOC(CC)(CC)C(Cc1ccc(Br)cc1)NC. The van der Waals surface area contributed by atoms with Crippen LogP contribution < -0.4 is 5.32 Å². The van der Waals surface area contributed by atoms with Crippen LogP contribution in [0.2, 0.25) is 0 Å². The van der Waals surface area contributed by atoms with Crippen molar-refractivity contribution in [3.8, 4) is 0 Å². The van der Waals surface area contributed by atoms with E-state index in [1.807, 2.05) is 7.05 Å². The summed E-state index contributed by atoms with van der Waals surface area (Å²) in [5.74, 6) is 0. The van der Waals surface area contributed by atoms with E-state index in [-0.39, 0.29) is 5.60 Å². The molecule has 0 saturated carbocycles. The maximum Gasteiger partial charge on any atom is 0.0832 e. The molecule has 0 radical (unpaired) electrons. The molecule has 1 unspecified atom stereocenters. The van der Waals surface area contributed by atoms with Crippen molar-refractivity contribution in [1.82, 2.24) is 5.32 Å². The summed E-state index contributed by atoms with van der Waals surface area (Å²) in [6.45, 7) is 7.27. The number of nitrogens with one attached hydrogen (secondary N) is 1. The number of benzene rings is 1. The third-order valence-corrected chi connectivity index (χ3v) is 4.49. The Hall–Kier alpha value is -0.380. The molecule has 1 rings (SSSR count). The molecule has 1 N–H and O–H groups in total. The van der Waals surface area contributed by atoms with E-state index in [0.717, 1.165) is 30.3 Å².